The molecular formula is C41H32F6N4O2S. The number of benzene rings is 5. The van der Waals surface area contributed by atoms with Gasteiger partial charge < -0.3 is 15.2 Å². The van der Waals surface area contributed by atoms with Crippen LogP contribution in [0.4, 0.5) is 32.0 Å². The van der Waals surface area contributed by atoms with E-state index in [1.165, 1.54) is 23.9 Å². The maximum atomic E-state index is 13.8. The minimum atomic E-state index is -4.56. The summed E-state index contributed by atoms with van der Waals surface area (Å²) in [6.07, 6.45) is -8.29. The quantitative estimate of drug-likeness (QED) is 0.0829. The first-order valence-corrected chi connectivity index (χ1v) is 18.0. The molecule has 0 radical (unpaired) electrons. The van der Waals surface area contributed by atoms with Gasteiger partial charge in [0.2, 0.25) is 5.91 Å². The van der Waals surface area contributed by atoms with Crippen LogP contribution in [-0.2, 0) is 23.4 Å². The van der Waals surface area contributed by atoms with Crippen molar-refractivity contribution in [2.75, 3.05) is 17.6 Å². The molecule has 13 heteroatoms. The van der Waals surface area contributed by atoms with Gasteiger partial charge in [-0.25, -0.2) is 4.98 Å². The van der Waals surface area contributed by atoms with Gasteiger partial charge in [-0.15, -0.1) is 0 Å². The monoisotopic (exact) mass is 758 g/mol. The molecule has 0 bridgehead atoms. The minimum absolute atomic E-state index is 0.270. The number of carbonyl (C=O) groups is 2. The van der Waals surface area contributed by atoms with Crippen molar-refractivity contribution in [3.8, 4) is 22.3 Å². The van der Waals surface area contributed by atoms with Crippen molar-refractivity contribution in [2.45, 2.75) is 35.8 Å². The molecule has 0 atom stereocenters. The van der Waals surface area contributed by atoms with Gasteiger partial charge in [0, 0.05) is 24.1 Å². The number of aromatic nitrogens is 2. The second kappa shape index (κ2) is 14.3. The maximum absolute atomic E-state index is 13.8. The van der Waals surface area contributed by atoms with Crippen LogP contribution in [0.25, 0.3) is 33.3 Å². The molecule has 5 aromatic carbocycles. The summed E-state index contributed by atoms with van der Waals surface area (Å²) < 4.78 is 81.0. The Labute approximate surface area is 310 Å². The smallest absolute Gasteiger partial charge is 0.346 e. The molecule has 6 aromatic rings. The number of hydrogen-bond acceptors (Lipinski definition) is 4. The summed E-state index contributed by atoms with van der Waals surface area (Å²) in [5.74, 6) is -0.619. The highest BCUT2D eigenvalue weighted by molar-refractivity contribution is 7.99. The Morgan fingerprint density at radius 1 is 0.778 bits per heavy atom. The van der Waals surface area contributed by atoms with E-state index in [-0.39, 0.29) is 12.0 Å². The molecule has 1 aliphatic rings. The van der Waals surface area contributed by atoms with Crippen LogP contribution in [-0.4, -0.2) is 39.8 Å². The number of alkyl halides is 6. The van der Waals surface area contributed by atoms with E-state index in [2.05, 4.69) is 10.6 Å². The van der Waals surface area contributed by atoms with E-state index in [1.54, 1.807) is 54.6 Å². The second-order valence-corrected chi connectivity index (χ2v) is 14.0. The largest absolute Gasteiger partial charge is 0.416 e. The van der Waals surface area contributed by atoms with Gasteiger partial charge in [0.25, 0.3) is 5.91 Å². The van der Waals surface area contributed by atoms with Crippen LogP contribution in [0.3, 0.4) is 0 Å². The standard InChI is InChI=1S/C41H32F6N4O2S/c1-51-35-23-27(49-36(52)31-12-3-2-9-28(31)25-15-17-26(18-16-25)41(45,46)47)19-20-34(35)50-38(51)54-22-8-21-39(37(53)48-24-40(42,43)44)32-13-6-4-10-29(32)30-11-5-7-14-33(30)39/h2-7,9-20,23H,8,21-22,24H2,1H3,(H,48,53)(H,49,52). The Balaban J connectivity index is 1.07. The number of carbonyl (C=O) groups excluding carboxylic acids is 2. The molecule has 0 saturated heterocycles. The van der Waals surface area contributed by atoms with Crippen molar-refractivity contribution < 1.29 is 35.9 Å². The number of halogens is 6. The molecule has 1 aliphatic carbocycles. The first-order chi connectivity index (χ1) is 25.8. The molecule has 1 heterocycles. The molecule has 0 saturated carbocycles. The van der Waals surface area contributed by atoms with Crippen molar-refractivity contribution in [3.05, 3.63) is 138 Å². The van der Waals surface area contributed by atoms with Gasteiger partial charge in [0.1, 0.15) is 12.0 Å². The number of rotatable bonds is 10. The lowest BCUT2D eigenvalue weighted by Gasteiger charge is -2.31. The van der Waals surface area contributed by atoms with Crippen molar-refractivity contribution >= 4 is 40.3 Å². The fourth-order valence-corrected chi connectivity index (χ4v) is 8.06. The zero-order chi connectivity index (χ0) is 38.3. The first kappa shape index (κ1) is 36.8. The predicted octanol–water partition coefficient (Wildman–Crippen LogP) is 10.0. The van der Waals surface area contributed by atoms with Gasteiger partial charge in [0.05, 0.1) is 16.6 Å². The molecule has 54 heavy (non-hydrogen) atoms. The molecule has 2 amide bonds. The lowest BCUT2D eigenvalue weighted by molar-refractivity contribution is -0.141. The third kappa shape index (κ3) is 7.07. The van der Waals surface area contributed by atoms with Gasteiger partial charge in [-0.1, -0.05) is 90.6 Å². The first-order valence-electron chi connectivity index (χ1n) is 17.0. The summed E-state index contributed by atoms with van der Waals surface area (Å²) in [6, 6.07) is 31.2. The Bertz CT molecular complexity index is 2320. The number of imidazole rings is 1. The van der Waals surface area contributed by atoms with Gasteiger partial charge >= 0.3 is 12.4 Å². The highest BCUT2D eigenvalue weighted by Crippen LogP contribution is 2.51. The SMILES string of the molecule is Cn1c(SCCCC2(C(=O)NCC(F)(F)F)c3ccccc3-c3ccccc32)nc2ccc(NC(=O)c3ccccc3-c3ccc(C(F)(F)F)cc3)cc21. The van der Waals surface area contributed by atoms with Crippen LogP contribution in [0.1, 0.15) is 39.9 Å². The third-order valence-corrected chi connectivity index (χ3v) is 10.7. The van der Waals surface area contributed by atoms with Gasteiger partial charge in [-0.05, 0) is 82.6 Å². The van der Waals surface area contributed by atoms with Gasteiger partial charge in [-0.3, -0.25) is 9.59 Å². The van der Waals surface area contributed by atoms with E-state index >= 15 is 0 Å². The highest BCUT2D eigenvalue weighted by Gasteiger charge is 2.49. The fourth-order valence-electron chi connectivity index (χ4n) is 7.13. The Morgan fingerprint density at radius 3 is 2.02 bits per heavy atom. The van der Waals surface area contributed by atoms with Crippen molar-refractivity contribution in [2.24, 2.45) is 7.05 Å². The van der Waals surface area contributed by atoms with Crippen LogP contribution < -0.4 is 10.6 Å². The summed E-state index contributed by atoms with van der Waals surface area (Å²) in [5.41, 5.74) is 4.03. The number of fused-ring (bicyclic) bond motifs is 4. The lowest BCUT2D eigenvalue weighted by Crippen LogP contribution is -2.47. The maximum Gasteiger partial charge on any atom is 0.416 e. The predicted molar refractivity (Wildman–Crippen MR) is 197 cm³/mol. The van der Waals surface area contributed by atoms with Gasteiger partial charge in [0.15, 0.2) is 5.16 Å². The molecular weight excluding hydrogens is 727 g/mol. The fraction of sp³-hybridized carbons (Fsp3) is 0.195. The summed E-state index contributed by atoms with van der Waals surface area (Å²) in [6.45, 7) is -1.43. The van der Waals surface area contributed by atoms with E-state index in [1.807, 2.05) is 48.0 Å². The van der Waals surface area contributed by atoms with E-state index in [0.717, 1.165) is 28.8 Å². The number of hydrogen-bond donors (Lipinski definition) is 2. The summed E-state index contributed by atoms with van der Waals surface area (Å²) in [4.78, 5) is 32.0. The molecule has 276 valence electrons. The third-order valence-electron chi connectivity index (χ3n) is 9.62. The Hall–Kier alpha value is -5.56. The molecule has 2 N–H and O–H groups in total. The minimum Gasteiger partial charge on any atom is -0.346 e. The van der Waals surface area contributed by atoms with E-state index < -0.39 is 41.7 Å². The number of nitrogens with zero attached hydrogens (tertiary/aromatic N) is 2. The van der Waals surface area contributed by atoms with E-state index in [4.69, 9.17) is 4.98 Å². The molecule has 0 unspecified atom stereocenters. The normalized spacial score (nSPS) is 13.4. The van der Waals surface area contributed by atoms with E-state index in [0.29, 0.717) is 50.8 Å². The second-order valence-electron chi connectivity index (χ2n) is 13.0. The summed E-state index contributed by atoms with van der Waals surface area (Å²) in [5, 5.41) is 5.73. The van der Waals surface area contributed by atoms with Crippen LogP contribution in [0, 0.1) is 0 Å². The van der Waals surface area contributed by atoms with Crippen LogP contribution in [0.2, 0.25) is 0 Å². The van der Waals surface area contributed by atoms with E-state index in [9.17, 15) is 35.9 Å². The molecule has 7 rings (SSSR count). The average Bonchev–Trinajstić information content (AvgIpc) is 3.63. The topological polar surface area (TPSA) is 76.0 Å². The zero-order valence-corrected chi connectivity index (χ0v) is 29.5. The van der Waals surface area contributed by atoms with Crippen LogP contribution in [0.5, 0.6) is 0 Å². The number of anilines is 1. The highest BCUT2D eigenvalue weighted by atomic mass is 32.2. The average molecular weight is 759 g/mol. The zero-order valence-electron chi connectivity index (χ0n) is 28.7. The van der Waals surface area contributed by atoms with Crippen molar-refractivity contribution in [1.82, 2.24) is 14.9 Å². The molecule has 6 nitrogen and oxygen atoms in total. The number of thioether (sulfide) groups is 1. The molecule has 0 fully saturated rings. The number of nitrogens with one attached hydrogen (secondary N) is 2. The number of aryl methyl sites for hydroxylation is 1. The summed E-state index contributed by atoms with van der Waals surface area (Å²) >= 11 is 1.45. The Kier molecular flexibility index (Phi) is 9.77. The van der Waals surface area contributed by atoms with Crippen molar-refractivity contribution in [3.63, 3.8) is 0 Å². The van der Waals surface area contributed by atoms with Crippen LogP contribution in [0.15, 0.2) is 120 Å². The van der Waals surface area contributed by atoms with Gasteiger partial charge in [-0.2, -0.15) is 26.3 Å². The Morgan fingerprint density at radius 2 is 1.39 bits per heavy atom. The van der Waals surface area contributed by atoms with Crippen molar-refractivity contribution in [1.29, 1.82) is 0 Å². The molecule has 0 spiro atoms. The van der Waals surface area contributed by atoms with Crippen LogP contribution >= 0.6 is 11.8 Å². The molecule has 0 aliphatic heterocycles. The number of amides is 2. The summed E-state index contributed by atoms with van der Waals surface area (Å²) in [7, 11) is 1.83. The lowest BCUT2D eigenvalue weighted by atomic mass is 9.73. The molecule has 1 aromatic heterocycles.